The van der Waals surface area contributed by atoms with E-state index in [-0.39, 0.29) is 12.5 Å². The Morgan fingerprint density at radius 3 is 3.31 bits per heavy atom. The molecule has 74 valence electrons. The largest absolute Gasteiger partial charge is 0.367 e. The monoisotopic (exact) mass is 186 g/mol. The van der Waals surface area contributed by atoms with Gasteiger partial charge in [0.05, 0.1) is 6.61 Å². The van der Waals surface area contributed by atoms with E-state index >= 15 is 0 Å². The summed E-state index contributed by atoms with van der Waals surface area (Å²) in [4.78, 5) is 13.1. The number of carbonyl (C=O) groups excluding carboxylic acids is 1. The van der Waals surface area contributed by atoms with E-state index < -0.39 is 11.8 Å². The second-order valence-corrected chi connectivity index (χ2v) is 3.60. The van der Waals surface area contributed by atoms with E-state index in [2.05, 4.69) is 5.32 Å². The molecule has 5 heteroatoms. The molecular weight excluding hydrogens is 172 g/mol. The predicted molar refractivity (Wildman–Crippen MR) is 44.9 cm³/mol. The Hall–Kier alpha value is -0.650. The van der Waals surface area contributed by atoms with Crippen LogP contribution < -0.4 is 5.32 Å². The number of piperazine rings is 1. The van der Waals surface area contributed by atoms with Crippen molar-refractivity contribution in [2.24, 2.45) is 0 Å². The molecule has 0 saturated carbocycles. The van der Waals surface area contributed by atoms with E-state index in [1.807, 2.05) is 0 Å². The van der Waals surface area contributed by atoms with Crippen molar-refractivity contribution in [2.75, 3.05) is 26.2 Å². The number of aliphatic hydroxyl groups is 1. The molecule has 0 spiro atoms. The lowest BCUT2D eigenvalue weighted by atomic mass is 10.1. The van der Waals surface area contributed by atoms with Crippen LogP contribution in [-0.2, 0) is 9.53 Å². The quantitative estimate of drug-likeness (QED) is 0.484. The van der Waals surface area contributed by atoms with Crippen LogP contribution in [0.2, 0.25) is 0 Å². The van der Waals surface area contributed by atoms with Gasteiger partial charge in [-0.1, -0.05) is 0 Å². The molecule has 0 aromatic heterocycles. The third-order valence-electron chi connectivity index (χ3n) is 2.60. The maximum Gasteiger partial charge on any atom is 0.253 e. The Morgan fingerprint density at radius 2 is 2.54 bits per heavy atom. The predicted octanol–water partition coefficient (Wildman–Crippen LogP) is -1.47. The van der Waals surface area contributed by atoms with Crippen molar-refractivity contribution in [1.82, 2.24) is 10.2 Å². The zero-order chi connectivity index (χ0) is 9.47. The zero-order valence-electron chi connectivity index (χ0n) is 7.62. The first kappa shape index (κ1) is 8.93. The van der Waals surface area contributed by atoms with Crippen LogP contribution in [0.4, 0.5) is 0 Å². The Kier molecular flexibility index (Phi) is 2.02. The second-order valence-electron chi connectivity index (χ2n) is 3.60. The molecule has 2 fully saturated rings. The zero-order valence-corrected chi connectivity index (χ0v) is 7.62. The van der Waals surface area contributed by atoms with Crippen LogP contribution in [0.1, 0.15) is 6.92 Å². The van der Waals surface area contributed by atoms with E-state index in [0.29, 0.717) is 13.1 Å². The number of ether oxygens (including phenoxy) is 1. The first-order valence-corrected chi connectivity index (χ1v) is 4.50. The van der Waals surface area contributed by atoms with Gasteiger partial charge in [-0.15, -0.1) is 0 Å². The van der Waals surface area contributed by atoms with Gasteiger partial charge in [0.2, 0.25) is 0 Å². The van der Waals surface area contributed by atoms with Gasteiger partial charge < -0.3 is 20.1 Å². The minimum Gasteiger partial charge on any atom is -0.367 e. The van der Waals surface area contributed by atoms with Gasteiger partial charge in [-0.25, -0.2) is 0 Å². The summed E-state index contributed by atoms with van der Waals surface area (Å²) >= 11 is 0. The average Bonchev–Trinajstić information content (AvgIpc) is 2.12. The summed E-state index contributed by atoms with van der Waals surface area (Å²) in [5.74, 6) is -0.116. The number of fused-ring (bicyclic) bond motifs is 1. The van der Waals surface area contributed by atoms with Gasteiger partial charge in [0.15, 0.2) is 5.72 Å². The highest BCUT2D eigenvalue weighted by atomic mass is 16.5. The number of hydrogen-bond donors (Lipinski definition) is 2. The van der Waals surface area contributed by atoms with Crippen LogP contribution in [-0.4, -0.2) is 54.0 Å². The lowest BCUT2D eigenvalue weighted by Crippen LogP contribution is -2.69. The maximum absolute atomic E-state index is 11.6. The Bertz CT molecular complexity index is 233. The summed E-state index contributed by atoms with van der Waals surface area (Å²) in [5.41, 5.74) is -1.12. The lowest BCUT2D eigenvalue weighted by molar-refractivity contribution is -0.216. The van der Waals surface area contributed by atoms with E-state index in [0.717, 1.165) is 6.54 Å². The molecule has 2 atom stereocenters. The highest BCUT2D eigenvalue weighted by Gasteiger charge is 2.45. The van der Waals surface area contributed by atoms with E-state index in [1.165, 1.54) is 4.90 Å². The summed E-state index contributed by atoms with van der Waals surface area (Å²) in [6.07, 6.45) is -0.418. The molecule has 2 heterocycles. The minimum absolute atomic E-state index is 0.116. The third-order valence-corrected chi connectivity index (χ3v) is 2.60. The number of morpholine rings is 1. The second kappa shape index (κ2) is 2.94. The summed E-state index contributed by atoms with van der Waals surface area (Å²) in [6, 6.07) is 0. The smallest absolute Gasteiger partial charge is 0.253 e. The van der Waals surface area contributed by atoms with Crippen molar-refractivity contribution >= 4 is 5.91 Å². The minimum atomic E-state index is -1.12. The Morgan fingerprint density at radius 1 is 1.77 bits per heavy atom. The molecule has 13 heavy (non-hydrogen) atoms. The maximum atomic E-state index is 11.6. The number of amides is 1. The normalized spacial score (nSPS) is 40.3. The van der Waals surface area contributed by atoms with Crippen LogP contribution in [0.15, 0.2) is 0 Å². The third kappa shape index (κ3) is 1.33. The van der Waals surface area contributed by atoms with Crippen LogP contribution in [0.5, 0.6) is 0 Å². The molecule has 0 radical (unpaired) electrons. The number of rotatable bonds is 0. The number of nitrogens with zero attached hydrogens (tertiary/aromatic N) is 1. The number of hydrogen-bond acceptors (Lipinski definition) is 4. The van der Waals surface area contributed by atoms with Gasteiger partial charge in [0.25, 0.3) is 5.91 Å². The summed E-state index contributed by atoms with van der Waals surface area (Å²) < 4.78 is 5.18. The molecular formula is C8H14N2O3. The Labute approximate surface area is 76.7 Å². The van der Waals surface area contributed by atoms with Crippen molar-refractivity contribution in [3.63, 3.8) is 0 Å². The standard InChI is InChI=1S/C8H14N2O3/c1-6-7(11)10-3-2-9-4-8(10,12)5-13-6/h6,9,12H,2-5H2,1H3/t6-,8+/m1/s1. The molecule has 0 aliphatic carbocycles. The van der Waals surface area contributed by atoms with Crippen LogP contribution >= 0.6 is 0 Å². The first-order chi connectivity index (χ1) is 6.13. The van der Waals surface area contributed by atoms with Crippen LogP contribution in [0.3, 0.4) is 0 Å². The fraction of sp³-hybridized carbons (Fsp3) is 0.875. The molecule has 2 saturated heterocycles. The van der Waals surface area contributed by atoms with Crippen LogP contribution in [0.25, 0.3) is 0 Å². The van der Waals surface area contributed by atoms with Crippen molar-refractivity contribution in [3.8, 4) is 0 Å². The average molecular weight is 186 g/mol. The lowest BCUT2D eigenvalue weighted by Gasteiger charge is -2.47. The summed E-state index contributed by atoms with van der Waals surface area (Å²) in [6.45, 7) is 3.60. The summed E-state index contributed by atoms with van der Waals surface area (Å²) in [7, 11) is 0. The highest BCUT2D eigenvalue weighted by molar-refractivity contribution is 5.82. The topological polar surface area (TPSA) is 61.8 Å². The molecule has 2 rings (SSSR count). The van der Waals surface area contributed by atoms with Crippen molar-refractivity contribution in [1.29, 1.82) is 0 Å². The fourth-order valence-corrected chi connectivity index (χ4v) is 1.78. The fourth-order valence-electron chi connectivity index (χ4n) is 1.78. The van der Waals surface area contributed by atoms with E-state index in [4.69, 9.17) is 4.74 Å². The Balaban J connectivity index is 2.20. The number of nitrogens with one attached hydrogen (secondary N) is 1. The van der Waals surface area contributed by atoms with Gasteiger partial charge in [-0.3, -0.25) is 4.79 Å². The number of carbonyl (C=O) groups is 1. The van der Waals surface area contributed by atoms with Crippen molar-refractivity contribution in [2.45, 2.75) is 18.8 Å². The molecule has 2 N–H and O–H groups in total. The first-order valence-electron chi connectivity index (χ1n) is 4.50. The van der Waals surface area contributed by atoms with Gasteiger partial charge in [0.1, 0.15) is 6.10 Å². The highest BCUT2D eigenvalue weighted by Crippen LogP contribution is 2.22. The summed E-state index contributed by atoms with van der Waals surface area (Å²) in [5, 5.41) is 13.0. The molecule has 0 aromatic carbocycles. The van der Waals surface area contributed by atoms with Gasteiger partial charge in [-0.2, -0.15) is 0 Å². The molecule has 5 nitrogen and oxygen atoms in total. The van der Waals surface area contributed by atoms with Gasteiger partial charge >= 0.3 is 0 Å². The van der Waals surface area contributed by atoms with Crippen molar-refractivity contribution in [3.05, 3.63) is 0 Å². The van der Waals surface area contributed by atoms with Gasteiger partial charge in [-0.05, 0) is 6.92 Å². The molecule has 0 unspecified atom stereocenters. The molecule has 2 aliphatic heterocycles. The number of β-amino-alcohol motifs (C(OH)–C–C–N with tert-alkyl or cyclic N) is 1. The molecule has 1 amide bonds. The molecule has 0 bridgehead atoms. The van der Waals surface area contributed by atoms with Gasteiger partial charge in [0, 0.05) is 19.6 Å². The molecule has 2 aliphatic rings. The SMILES string of the molecule is C[C@H]1OC[C@@]2(O)CNCCN2C1=O. The molecule has 0 aromatic rings. The van der Waals surface area contributed by atoms with E-state index in [1.54, 1.807) is 6.92 Å². The van der Waals surface area contributed by atoms with Crippen molar-refractivity contribution < 1.29 is 14.6 Å². The van der Waals surface area contributed by atoms with E-state index in [9.17, 15) is 9.90 Å². The van der Waals surface area contributed by atoms with Crippen LogP contribution in [0, 0.1) is 0 Å².